The molecular weight excluding hydrogens is 306 g/mol. The van der Waals surface area contributed by atoms with Gasteiger partial charge in [0.25, 0.3) is 0 Å². The van der Waals surface area contributed by atoms with Crippen LogP contribution in [-0.4, -0.2) is 35.0 Å². The number of nitrogens with zero attached hydrogens (tertiary/aromatic N) is 4. The van der Waals surface area contributed by atoms with Gasteiger partial charge in [0.15, 0.2) is 17.0 Å². The number of nitrogens with one attached hydrogen (secondary N) is 1. The van der Waals surface area contributed by atoms with Crippen molar-refractivity contribution in [3.63, 3.8) is 0 Å². The number of aliphatic imine (C=N–C) groups is 4. The fourth-order valence-electron chi connectivity index (χ4n) is 2.07. The number of amidine groups is 4. The SMILES string of the molecule is CSC1=NC(=NCc2ccc(Cl)cc2)C2N=C(C)NC2=N1. The Morgan fingerprint density at radius 1 is 1.29 bits per heavy atom. The zero-order chi connectivity index (χ0) is 14.8. The van der Waals surface area contributed by atoms with Gasteiger partial charge in [-0.3, -0.25) is 9.98 Å². The van der Waals surface area contributed by atoms with Crippen LogP contribution in [-0.2, 0) is 6.54 Å². The normalized spacial score (nSPS) is 22.3. The summed E-state index contributed by atoms with van der Waals surface area (Å²) in [6, 6.07) is 7.45. The molecule has 7 heteroatoms. The van der Waals surface area contributed by atoms with Gasteiger partial charge in [-0.15, -0.1) is 0 Å². The van der Waals surface area contributed by atoms with E-state index < -0.39 is 0 Å². The fraction of sp³-hybridized carbons (Fsp3) is 0.286. The highest BCUT2D eigenvalue weighted by Crippen LogP contribution is 2.17. The Morgan fingerprint density at radius 2 is 2.05 bits per heavy atom. The van der Waals surface area contributed by atoms with Gasteiger partial charge in [0, 0.05) is 5.02 Å². The largest absolute Gasteiger partial charge is 0.330 e. The summed E-state index contributed by atoms with van der Waals surface area (Å²) < 4.78 is 0. The smallest absolute Gasteiger partial charge is 0.190 e. The summed E-state index contributed by atoms with van der Waals surface area (Å²) in [5, 5.41) is 4.59. The van der Waals surface area contributed by atoms with Crippen molar-refractivity contribution in [2.75, 3.05) is 6.26 Å². The highest BCUT2D eigenvalue weighted by atomic mass is 35.5. The molecule has 2 aliphatic rings. The molecule has 0 aromatic heterocycles. The van der Waals surface area contributed by atoms with Gasteiger partial charge in [-0.2, -0.15) is 0 Å². The predicted molar refractivity (Wildman–Crippen MR) is 91.0 cm³/mol. The van der Waals surface area contributed by atoms with E-state index in [9.17, 15) is 0 Å². The van der Waals surface area contributed by atoms with E-state index in [0.717, 1.165) is 22.3 Å². The first-order valence-corrected chi connectivity index (χ1v) is 8.07. The number of hydrogen-bond donors (Lipinski definition) is 1. The lowest BCUT2D eigenvalue weighted by atomic mass is 10.2. The minimum atomic E-state index is -0.201. The van der Waals surface area contributed by atoms with E-state index in [1.807, 2.05) is 37.4 Å². The molecule has 0 fully saturated rings. The Balaban J connectivity index is 1.85. The molecule has 2 aliphatic heterocycles. The van der Waals surface area contributed by atoms with Gasteiger partial charge in [-0.1, -0.05) is 35.5 Å². The van der Waals surface area contributed by atoms with Crippen molar-refractivity contribution >= 4 is 46.0 Å². The summed E-state index contributed by atoms with van der Waals surface area (Å²) in [7, 11) is 0. The molecule has 0 saturated carbocycles. The highest BCUT2D eigenvalue weighted by molar-refractivity contribution is 8.13. The molecule has 1 aromatic rings. The van der Waals surface area contributed by atoms with Crippen LogP contribution < -0.4 is 5.32 Å². The zero-order valence-electron chi connectivity index (χ0n) is 11.7. The first-order chi connectivity index (χ1) is 10.2. The molecule has 0 bridgehead atoms. The Bertz CT molecular complexity index is 675. The molecular formula is C14H14ClN5S. The zero-order valence-corrected chi connectivity index (χ0v) is 13.2. The number of thioether (sulfide) groups is 1. The monoisotopic (exact) mass is 319 g/mol. The van der Waals surface area contributed by atoms with E-state index in [1.165, 1.54) is 11.8 Å². The third kappa shape index (κ3) is 3.16. The van der Waals surface area contributed by atoms with Crippen LogP contribution in [0, 0.1) is 0 Å². The highest BCUT2D eigenvalue weighted by Gasteiger charge is 2.31. The number of rotatable bonds is 2. The Labute approximate surface area is 132 Å². The second kappa shape index (κ2) is 5.99. The fourth-order valence-corrected chi connectivity index (χ4v) is 2.57. The summed E-state index contributed by atoms with van der Waals surface area (Å²) in [5.41, 5.74) is 1.09. The van der Waals surface area contributed by atoms with Crippen molar-refractivity contribution < 1.29 is 0 Å². The summed E-state index contributed by atoms with van der Waals surface area (Å²) in [5.74, 6) is 2.35. The molecule has 0 radical (unpaired) electrons. The molecule has 0 aliphatic carbocycles. The van der Waals surface area contributed by atoms with Crippen LogP contribution in [0.1, 0.15) is 12.5 Å². The minimum Gasteiger partial charge on any atom is -0.330 e. The molecule has 108 valence electrons. The first-order valence-electron chi connectivity index (χ1n) is 6.47. The van der Waals surface area contributed by atoms with Crippen LogP contribution in [0.25, 0.3) is 0 Å². The summed E-state index contributed by atoms with van der Waals surface area (Å²) >= 11 is 7.38. The number of fused-ring (bicyclic) bond motifs is 1. The number of hydrogen-bond acceptors (Lipinski definition) is 5. The van der Waals surface area contributed by atoms with Gasteiger partial charge in [-0.05, 0) is 30.9 Å². The molecule has 2 heterocycles. The van der Waals surface area contributed by atoms with Gasteiger partial charge in [0.2, 0.25) is 0 Å². The third-order valence-electron chi connectivity index (χ3n) is 3.08. The van der Waals surface area contributed by atoms with Crippen molar-refractivity contribution in [1.82, 2.24) is 5.32 Å². The molecule has 1 aromatic carbocycles. The van der Waals surface area contributed by atoms with Crippen molar-refractivity contribution in [1.29, 1.82) is 0 Å². The number of halogens is 1. The molecule has 0 saturated heterocycles. The van der Waals surface area contributed by atoms with E-state index in [2.05, 4.69) is 25.3 Å². The molecule has 5 nitrogen and oxygen atoms in total. The molecule has 1 unspecified atom stereocenters. The van der Waals surface area contributed by atoms with Gasteiger partial charge in [-0.25, -0.2) is 9.98 Å². The maximum absolute atomic E-state index is 5.89. The van der Waals surface area contributed by atoms with Crippen molar-refractivity contribution in [2.24, 2.45) is 20.0 Å². The van der Waals surface area contributed by atoms with Crippen molar-refractivity contribution in [2.45, 2.75) is 19.5 Å². The van der Waals surface area contributed by atoms with Gasteiger partial charge in [0.05, 0.1) is 12.4 Å². The number of benzene rings is 1. The summed E-state index contributed by atoms with van der Waals surface area (Å²) in [6.07, 6.45) is 1.95. The lowest BCUT2D eigenvalue weighted by Gasteiger charge is -2.14. The summed E-state index contributed by atoms with van der Waals surface area (Å²) in [4.78, 5) is 18.0. The van der Waals surface area contributed by atoms with Crippen molar-refractivity contribution in [3.8, 4) is 0 Å². The van der Waals surface area contributed by atoms with Crippen LogP contribution >= 0.6 is 23.4 Å². The van der Waals surface area contributed by atoms with Crippen molar-refractivity contribution in [3.05, 3.63) is 34.9 Å². The van der Waals surface area contributed by atoms with Gasteiger partial charge < -0.3 is 5.32 Å². The average molecular weight is 320 g/mol. The Hall–Kier alpha value is -1.66. The molecule has 1 atom stereocenters. The van der Waals surface area contributed by atoms with E-state index in [4.69, 9.17) is 11.6 Å². The minimum absolute atomic E-state index is 0.201. The van der Waals surface area contributed by atoms with E-state index in [-0.39, 0.29) is 6.04 Å². The molecule has 0 spiro atoms. The maximum atomic E-state index is 5.89. The molecule has 21 heavy (non-hydrogen) atoms. The second-order valence-electron chi connectivity index (χ2n) is 4.64. The Morgan fingerprint density at radius 3 is 2.76 bits per heavy atom. The van der Waals surface area contributed by atoms with Crippen LogP contribution in [0.15, 0.2) is 44.2 Å². The summed E-state index contributed by atoms with van der Waals surface area (Å²) in [6.45, 7) is 2.46. The third-order valence-corrected chi connectivity index (χ3v) is 3.88. The van der Waals surface area contributed by atoms with Crippen LogP contribution in [0.3, 0.4) is 0 Å². The average Bonchev–Trinajstić information content (AvgIpc) is 2.86. The first kappa shape index (κ1) is 14.3. The van der Waals surface area contributed by atoms with Gasteiger partial charge in [0.1, 0.15) is 5.84 Å². The molecule has 3 rings (SSSR count). The second-order valence-corrected chi connectivity index (χ2v) is 5.85. The standard InChI is InChI=1S/C14H14ClN5S/c1-8-17-11-12(19-14(21-2)20-13(11)18-8)16-7-9-3-5-10(15)6-4-9/h3-6,11H,7H2,1-2H3,(H,16,17,18,19,20). The maximum Gasteiger partial charge on any atom is 0.190 e. The Kier molecular flexibility index (Phi) is 4.07. The van der Waals surface area contributed by atoms with E-state index >= 15 is 0 Å². The van der Waals surface area contributed by atoms with E-state index in [0.29, 0.717) is 17.5 Å². The van der Waals surface area contributed by atoms with Crippen LogP contribution in [0.2, 0.25) is 5.02 Å². The van der Waals surface area contributed by atoms with E-state index in [1.54, 1.807) is 0 Å². The lowest BCUT2D eigenvalue weighted by Crippen LogP contribution is -2.36. The molecule has 0 amide bonds. The molecule has 1 N–H and O–H groups in total. The topological polar surface area (TPSA) is 61.5 Å². The quantitative estimate of drug-likeness (QED) is 0.911. The van der Waals surface area contributed by atoms with Crippen LogP contribution in [0.5, 0.6) is 0 Å². The predicted octanol–water partition coefficient (Wildman–Crippen LogP) is 2.76. The van der Waals surface area contributed by atoms with Gasteiger partial charge >= 0.3 is 0 Å². The van der Waals surface area contributed by atoms with Crippen LogP contribution in [0.4, 0.5) is 0 Å². The lowest BCUT2D eigenvalue weighted by molar-refractivity contribution is 1.01.